The topological polar surface area (TPSA) is 12.0 Å². The Kier molecular flexibility index (Phi) is 3.82. The van der Waals surface area contributed by atoms with Crippen LogP contribution in [-0.2, 0) is 6.42 Å². The lowest BCUT2D eigenvalue weighted by Crippen LogP contribution is -2.30. The molecule has 2 aliphatic carbocycles. The molecule has 17 heavy (non-hydrogen) atoms. The van der Waals surface area contributed by atoms with Gasteiger partial charge in [-0.1, -0.05) is 31.7 Å². The Labute approximate surface area is 109 Å². The van der Waals surface area contributed by atoms with Crippen molar-refractivity contribution in [3.05, 3.63) is 22.4 Å². The van der Waals surface area contributed by atoms with Gasteiger partial charge in [0, 0.05) is 10.9 Å². The Morgan fingerprint density at radius 3 is 2.71 bits per heavy atom. The summed E-state index contributed by atoms with van der Waals surface area (Å²) >= 11 is 1.93. The summed E-state index contributed by atoms with van der Waals surface area (Å²) in [6.45, 7) is 1.26. The molecular weight excluding hydrogens is 226 g/mol. The molecule has 0 saturated heterocycles. The van der Waals surface area contributed by atoms with Crippen LogP contribution in [-0.4, -0.2) is 12.6 Å². The van der Waals surface area contributed by atoms with E-state index in [0.29, 0.717) is 0 Å². The van der Waals surface area contributed by atoms with E-state index in [1.807, 2.05) is 11.3 Å². The molecule has 1 atom stereocenters. The van der Waals surface area contributed by atoms with Crippen molar-refractivity contribution in [1.29, 1.82) is 0 Å². The van der Waals surface area contributed by atoms with Crippen molar-refractivity contribution in [2.75, 3.05) is 6.54 Å². The maximum Gasteiger partial charge on any atom is 0.00683 e. The number of hydrogen-bond donors (Lipinski definition) is 1. The summed E-state index contributed by atoms with van der Waals surface area (Å²) in [6.07, 6.45) is 10.0. The van der Waals surface area contributed by atoms with E-state index in [1.54, 1.807) is 4.88 Å². The number of nitrogens with one attached hydrogen (secondary N) is 1. The molecule has 1 aromatic rings. The highest BCUT2D eigenvalue weighted by Crippen LogP contribution is 2.34. The molecule has 0 radical (unpaired) electrons. The highest BCUT2D eigenvalue weighted by atomic mass is 32.1. The zero-order valence-electron chi connectivity index (χ0n) is 10.5. The fourth-order valence-corrected chi connectivity index (χ4v) is 3.93. The molecule has 0 aliphatic heterocycles. The smallest absolute Gasteiger partial charge is 0.00683 e. The quantitative estimate of drug-likeness (QED) is 0.807. The number of rotatable bonds is 6. The van der Waals surface area contributed by atoms with Gasteiger partial charge in [-0.3, -0.25) is 0 Å². The summed E-state index contributed by atoms with van der Waals surface area (Å²) in [7, 11) is 0. The van der Waals surface area contributed by atoms with E-state index < -0.39 is 0 Å². The van der Waals surface area contributed by atoms with Crippen LogP contribution in [0.15, 0.2) is 17.5 Å². The van der Waals surface area contributed by atoms with E-state index in [9.17, 15) is 0 Å². The first-order valence-corrected chi connectivity index (χ1v) is 8.05. The van der Waals surface area contributed by atoms with Crippen LogP contribution in [0.5, 0.6) is 0 Å². The highest BCUT2D eigenvalue weighted by Gasteiger charge is 2.28. The third kappa shape index (κ3) is 3.32. The molecule has 1 unspecified atom stereocenters. The molecule has 2 aliphatic rings. The lowest BCUT2D eigenvalue weighted by atomic mass is 9.87. The predicted molar refractivity (Wildman–Crippen MR) is 74.5 cm³/mol. The SMILES string of the molecule is c1csc(CC(CNC2CC2)C2CCCC2)c1. The predicted octanol–water partition coefficient (Wildman–Crippen LogP) is 3.85. The maximum absolute atomic E-state index is 3.75. The highest BCUT2D eigenvalue weighted by molar-refractivity contribution is 7.09. The van der Waals surface area contributed by atoms with Gasteiger partial charge in [0.1, 0.15) is 0 Å². The maximum atomic E-state index is 3.75. The van der Waals surface area contributed by atoms with Crippen molar-refractivity contribution in [2.24, 2.45) is 11.8 Å². The molecule has 3 rings (SSSR count). The van der Waals surface area contributed by atoms with Gasteiger partial charge in [0.15, 0.2) is 0 Å². The minimum absolute atomic E-state index is 0.863. The van der Waals surface area contributed by atoms with Gasteiger partial charge in [-0.25, -0.2) is 0 Å². The molecule has 1 nitrogen and oxygen atoms in total. The Morgan fingerprint density at radius 1 is 1.24 bits per heavy atom. The summed E-state index contributed by atoms with van der Waals surface area (Å²) in [4.78, 5) is 1.58. The van der Waals surface area contributed by atoms with Crippen LogP contribution in [0.2, 0.25) is 0 Å². The Morgan fingerprint density at radius 2 is 2.06 bits per heavy atom. The van der Waals surface area contributed by atoms with Gasteiger partial charge in [-0.2, -0.15) is 0 Å². The van der Waals surface area contributed by atoms with Crippen LogP contribution < -0.4 is 5.32 Å². The van der Waals surface area contributed by atoms with E-state index in [-0.39, 0.29) is 0 Å². The zero-order chi connectivity index (χ0) is 11.5. The van der Waals surface area contributed by atoms with Crippen molar-refractivity contribution in [1.82, 2.24) is 5.32 Å². The second kappa shape index (κ2) is 5.53. The minimum atomic E-state index is 0.863. The van der Waals surface area contributed by atoms with Crippen molar-refractivity contribution in [3.63, 3.8) is 0 Å². The third-order valence-electron chi connectivity index (χ3n) is 4.36. The van der Waals surface area contributed by atoms with Crippen molar-refractivity contribution in [2.45, 2.75) is 51.0 Å². The molecular formula is C15H23NS. The first-order valence-electron chi connectivity index (χ1n) is 7.17. The van der Waals surface area contributed by atoms with Crippen LogP contribution in [0.3, 0.4) is 0 Å². The van der Waals surface area contributed by atoms with Gasteiger partial charge < -0.3 is 5.32 Å². The first-order chi connectivity index (χ1) is 8.42. The van der Waals surface area contributed by atoms with Crippen molar-refractivity contribution in [3.8, 4) is 0 Å². The summed E-state index contributed by atoms with van der Waals surface area (Å²) < 4.78 is 0. The summed E-state index contributed by atoms with van der Waals surface area (Å²) in [5, 5.41) is 5.97. The van der Waals surface area contributed by atoms with Crippen LogP contribution in [0.1, 0.15) is 43.4 Å². The molecule has 0 amide bonds. The zero-order valence-corrected chi connectivity index (χ0v) is 11.3. The Balaban J connectivity index is 1.57. The normalized spacial score (nSPS) is 23.1. The Bertz CT molecular complexity index is 323. The van der Waals surface area contributed by atoms with Gasteiger partial charge >= 0.3 is 0 Å². The molecule has 1 heterocycles. The average Bonchev–Trinajstić information content (AvgIpc) is 2.85. The van der Waals surface area contributed by atoms with Crippen LogP contribution in [0, 0.1) is 11.8 Å². The van der Waals surface area contributed by atoms with E-state index >= 15 is 0 Å². The lowest BCUT2D eigenvalue weighted by Gasteiger charge is -2.23. The van der Waals surface area contributed by atoms with E-state index in [0.717, 1.165) is 17.9 Å². The summed E-state index contributed by atoms with van der Waals surface area (Å²) in [6, 6.07) is 5.37. The average molecular weight is 249 g/mol. The van der Waals surface area contributed by atoms with Gasteiger partial charge in [0.25, 0.3) is 0 Å². The molecule has 0 spiro atoms. The molecule has 1 aromatic heterocycles. The number of thiophene rings is 1. The van der Waals surface area contributed by atoms with E-state index in [2.05, 4.69) is 22.8 Å². The van der Waals surface area contributed by atoms with Crippen molar-refractivity contribution < 1.29 is 0 Å². The van der Waals surface area contributed by atoms with E-state index in [1.165, 1.54) is 51.5 Å². The number of hydrogen-bond acceptors (Lipinski definition) is 2. The second-order valence-corrected chi connectivity index (χ2v) is 6.80. The fraction of sp³-hybridized carbons (Fsp3) is 0.733. The first kappa shape index (κ1) is 11.7. The molecule has 2 fully saturated rings. The molecule has 2 saturated carbocycles. The lowest BCUT2D eigenvalue weighted by molar-refractivity contribution is 0.321. The van der Waals surface area contributed by atoms with Crippen LogP contribution in [0.4, 0.5) is 0 Å². The molecule has 94 valence electrons. The summed E-state index contributed by atoms with van der Waals surface area (Å²) in [5.74, 6) is 1.88. The Hall–Kier alpha value is -0.340. The monoisotopic (exact) mass is 249 g/mol. The van der Waals surface area contributed by atoms with Crippen molar-refractivity contribution >= 4 is 11.3 Å². The van der Waals surface area contributed by atoms with Gasteiger partial charge in [-0.05, 0) is 49.1 Å². The van der Waals surface area contributed by atoms with E-state index in [4.69, 9.17) is 0 Å². The van der Waals surface area contributed by atoms with Gasteiger partial charge in [0.05, 0.1) is 0 Å². The standard InChI is InChI=1S/C15H23NS/c1-2-5-12(4-1)13(11-16-14-7-8-14)10-15-6-3-9-17-15/h3,6,9,12-14,16H,1-2,4-5,7-8,10-11H2. The fourth-order valence-electron chi connectivity index (χ4n) is 3.13. The largest absolute Gasteiger partial charge is 0.314 e. The summed E-state index contributed by atoms with van der Waals surface area (Å²) in [5.41, 5.74) is 0. The van der Waals surface area contributed by atoms with Gasteiger partial charge in [0.2, 0.25) is 0 Å². The minimum Gasteiger partial charge on any atom is -0.314 e. The molecule has 1 N–H and O–H groups in total. The van der Waals surface area contributed by atoms with Gasteiger partial charge in [-0.15, -0.1) is 11.3 Å². The third-order valence-corrected chi connectivity index (χ3v) is 5.25. The molecule has 0 bridgehead atoms. The molecule has 0 aromatic carbocycles. The van der Waals surface area contributed by atoms with Crippen LogP contribution in [0.25, 0.3) is 0 Å². The second-order valence-electron chi connectivity index (χ2n) is 5.77. The molecule has 2 heteroatoms. The van der Waals surface area contributed by atoms with Crippen LogP contribution >= 0.6 is 11.3 Å².